The van der Waals surface area contributed by atoms with Gasteiger partial charge in [-0.2, -0.15) is 5.26 Å². The monoisotopic (exact) mass is 163 g/mol. The highest BCUT2D eigenvalue weighted by atomic mass is 14.9. The Kier molecular flexibility index (Phi) is 3.34. The maximum Gasteiger partial charge on any atom is 0.120 e. The van der Waals surface area contributed by atoms with E-state index in [1.165, 1.54) is 12.8 Å². The molecule has 0 saturated carbocycles. The molecule has 3 nitrogen and oxygen atoms in total. The van der Waals surface area contributed by atoms with E-state index < -0.39 is 0 Å². The lowest BCUT2D eigenvalue weighted by molar-refractivity contribution is 0.778. The van der Waals surface area contributed by atoms with Gasteiger partial charge in [0.15, 0.2) is 0 Å². The first-order valence-corrected chi connectivity index (χ1v) is 4.26. The third-order valence-corrected chi connectivity index (χ3v) is 1.73. The van der Waals surface area contributed by atoms with E-state index in [2.05, 4.69) is 23.0 Å². The van der Waals surface area contributed by atoms with Crippen LogP contribution in [0.3, 0.4) is 0 Å². The minimum Gasteiger partial charge on any atom is -0.345 e. The van der Waals surface area contributed by atoms with Crippen molar-refractivity contribution in [2.45, 2.75) is 32.6 Å². The van der Waals surface area contributed by atoms with E-state index in [0.717, 1.165) is 17.9 Å². The Hall–Kier alpha value is -1.30. The maximum absolute atomic E-state index is 8.40. The van der Waals surface area contributed by atoms with Crippen molar-refractivity contribution in [1.29, 1.82) is 5.26 Å². The topological polar surface area (TPSA) is 52.5 Å². The quantitative estimate of drug-likeness (QED) is 0.736. The summed E-state index contributed by atoms with van der Waals surface area (Å²) in [4.78, 5) is 7.20. The van der Waals surface area contributed by atoms with Crippen LogP contribution in [0, 0.1) is 11.3 Å². The minimum absolute atomic E-state index is 0.381. The van der Waals surface area contributed by atoms with E-state index in [0.29, 0.717) is 6.42 Å². The molecule has 1 rings (SSSR count). The highest BCUT2D eigenvalue weighted by Crippen LogP contribution is 2.02. The molecule has 0 aliphatic carbocycles. The van der Waals surface area contributed by atoms with Gasteiger partial charge in [-0.05, 0) is 12.8 Å². The number of nitrogens with one attached hydrogen (secondary N) is 1. The molecular weight excluding hydrogens is 150 g/mol. The molecule has 12 heavy (non-hydrogen) atoms. The standard InChI is InChI=1S/C9H13N3/c1-2-3-4-8-7-11-9(12-8)5-6-10/h7H,2-5H2,1H3,(H,11,12). The summed E-state index contributed by atoms with van der Waals surface area (Å²) < 4.78 is 0. The predicted octanol–water partition coefficient (Wildman–Crippen LogP) is 1.82. The molecule has 64 valence electrons. The molecule has 0 spiro atoms. The number of hydrogen-bond acceptors (Lipinski definition) is 2. The average molecular weight is 163 g/mol. The van der Waals surface area contributed by atoms with Crippen LogP contribution in [0.15, 0.2) is 6.20 Å². The summed E-state index contributed by atoms with van der Waals surface area (Å²) in [5.74, 6) is 0.781. The van der Waals surface area contributed by atoms with Gasteiger partial charge in [-0.3, -0.25) is 0 Å². The molecular formula is C9H13N3. The fourth-order valence-electron chi connectivity index (χ4n) is 1.06. The third kappa shape index (κ3) is 2.39. The van der Waals surface area contributed by atoms with E-state index in [4.69, 9.17) is 5.26 Å². The van der Waals surface area contributed by atoms with Crippen LogP contribution in [0.2, 0.25) is 0 Å². The first kappa shape index (κ1) is 8.79. The number of aryl methyl sites for hydroxylation is 1. The molecule has 0 fully saturated rings. The maximum atomic E-state index is 8.40. The zero-order chi connectivity index (χ0) is 8.81. The van der Waals surface area contributed by atoms with Gasteiger partial charge in [0.1, 0.15) is 5.82 Å². The zero-order valence-electron chi connectivity index (χ0n) is 7.30. The molecule has 0 atom stereocenters. The number of hydrogen-bond donors (Lipinski definition) is 1. The second-order valence-electron chi connectivity index (χ2n) is 2.79. The van der Waals surface area contributed by atoms with Crippen molar-refractivity contribution in [2.24, 2.45) is 0 Å². The number of unbranched alkanes of at least 4 members (excludes halogenated alkanes) is 1. The Morgan fingerprint density at radius 3 is 3.17 bits per heavy atom. The SMILES string of the molecule is CCCCc1cnc(CC#N)[nH]1. The lowest BCUT2D eigenvalue weighted by Crippen LogP contribution is -1.86. The van der Waals surface area contributed by atoms with Gasteiger partial charge >= 0.3 is 0 Å². The van der Waals surface area contributed by atoms with Gasteiger partial charge in [0.05, 0.1) is 12.5 Å². The van der Waals surface area contributed by atoms with Crippen LogP contribution in [-0.4, -0.2) is 9.97 Å². The van der Waals surface area contributed by atoms with E-state index in [-0.39, 0.29) is 0 Å². The highest BCUT2D eigenvalue weighted by molar-refractivity contribution is 5.04. The molecule has 0 aliphatic rings. The summed E-state index contributed by atoms with van der Waals surface area (Å²) in [5, 5.41) is 8.40. The predicted molar refractivity (Wildman–Crippen MR) is 46.5 cm³/mol. The summed E-state index contributed by atoms with van der Waals surface area (Å²) in [6.07, 6.45) is 5.60. The van der Waals surface area contributed by atoms with Gasteiger partial charge in [-0.15, -0.1) is 0 Å². The summed E-state index contributed by atoms with van der Waals surface area (Å²) in [6.45, 7) is 2.16. The van der Waals surface area contributed by atoms with Crippen LogP contribution in [0.5, 0.6) is 0 Å². The Morgan fingerprint density at radius 1 is 1.67 bits per heavy atom. The lowest BCUT2D eigenvalue weighted by atomic mass is 10.2. The Morgan fingerprint density at radius 2 is 2.50 bits per heavy atom. The number of aromatic amines is 1. The fourth-order valence-corrected chi connectivity index (χ4v) is 1.06. The van der Waals surface area contributed by atoms with Gasteiger partial charge in [0, 0.05) is 11.9 Å². The van der Waals surface area contributed by atoms with Gasteiger partial charge < -0.3 is 4.98 Å². The highest BCUT2D eigenvalue weighted by Gasteiger charge is 1.98. The lowest BCUT2D eigenvalue weighted by Gasteiger charge is -1.92. The molecule has 0 saturated heterocycles. The molecule has 0 amide bonds. The van der Waals surface area contributed by atoms with Crippen molar-refractivity contribution in [1.82, 2.24) is 9.97 Å². The number of imidazole rings is 1. The van der Waals surface area contributed by atoms with Crippen LogP contribution >= 0.6 is 0 Å². The smallest absolute Gasteiger partial charge is 0.120 e. The van der Waals surface area contributed by atoms with E-state index in [9.17, 15) is 0 Å². The average Bonchev–Trinajstić information content (AvgIpc) is 2.50. The van der Waals surface area contributed by atoms with Crippen molar-refractivity contribution in [2.75, 3.05) is 0 Å². The van der Waals surface area contributed by atoms with E-state index >= 15 is 0 Å². The van der Waals surface area contributed by atoms with Gasteiger partial charge in [-0.25, -0.2) is 4.98 Å². The minimum atomic E-state index is 0.381. The molecule has 0 aliphatic heterocycles. The largest absolute Gasteiger partial charge is 0.345 e. The van der Waals surface area contributed by atoms with Crippen LogP contribution in [0.4, 0.5) is 0 Å². The molecule has 3 heteroatoms. The number of nitriles is 1. The van der Waals surface area contributed by atoms with Crippen molar-refractivity contribution < 1.29 is 0 Å². The fraction of sp³-hybridized carbons (Fsp3) is 0.556. The molecule has 0 aromatic carbocycles. The van der Waals surface area contributed by atoms with Gasteiger partial charge in [0.25, 0.3) is 0 Å². The molecule has 0 radical (unpaired) electrons. The third-order valence-electron chi connectivity index (χ3n) is 1.73. The number of nitrogens with zero attached hydrogens (tertiary/aromatic N) is 2. The number of rotatable bonds is 4. The Bertz CT molecular complexity index is 270. The van der Waals surface area contributed by atoms with Crippen molar-refractivity contribution in [3.8, 4) is 6.07 Å². The van der Waals surface area contributed by atoms with Crippen molar-refractivity contribution in [3.05, 3.63) is 17.7 Å². The normalized spacial score (nSPS) is 9.67. The number of aromatic nitrogens is 2. The summed E-state index contributed by atoms with van der Waals surface area (Å²) in [6, 6.07) is 2.06. The molecule has 1 aromatic rings. The van der Waals surface area contributed by atoms with Crippen LogP contribution in [-0.2, 0) is 12.8 Å². The van der Waals surface area contributed by atoms with Crippen molar-refractivity contribution in [3.63, 3.8) is 0 Å². The molecule has 1 heterocycles. The summed E-state index contributed by atoms with van der Waals surface area (Å²) in [7, 11) is 0. The molecule has 1 N–H and O–H groups in total. The van der Waals surface area contributed by atoms with Crippen molar-refractivity contribution >= 4 is 0 Å². The zero-order valence-corrected chi connectivity index (χ0v) is 7.30. The molecule has 0 unspecified atom stereocenters. The van der Waals surface area contributed by atoms with E-state index in [1.807, 2.05) is 6.20 Å². The van der Waals surface area contributed by atoms with E-state index in [1.54, 1.807) is 0 Å². The van der Waals surface area contributed by atoms with Crippen LogP contribution in [0.25, 0.3) is 0 Å². The second kappa shape index (κ2) is 4.55. The summed E-state index contributed by atoms with van der Waals surface area (Å²) >= 11 is 0. The van der Waals surface area contributed by atoms with Gasteiger partial charge in [-0.1, -0.05) is 13.3 Å². The van der Waals surface area contributed by atoms with Crippen LogP contribution in [0.1, 0.15) is 31.3 Å². The Labute approximate surface area is 72.4 Å². The first-order valence-electron chi connectivity index (χ1n) is 4.26. The molecule has 1 aromatic heterocycles. The second-order valence-corrected chi connectivity index (χ2v) is 2.79. The van der Waals surface area contributed by atoms with Crippen LogP contribution < -0.4 is 0 Å². The molecule has 0 bridgehead atoms. The Balaban J connectivity index is 2.48. The first-order chi connectivity index (χ1) is 5.86. The van der Waals surface area contributed by atoms with Gasteiger partial charge in [0.2, 0.25) is 0 Å². The summed E-state index contributed by atoms with van der Waals surface area (Å²) in [5.41, 5.74) is 1.14. The number of H-pyrrole nitrogens is 1.